The highest BCUT2D eigenvalue weighted by atomic mass is 79.9. The quantitative estimate of drug-likeness (QED) is 0.178. The second kappa shape index (κ2) is 15.9. The summed E-state index contributed by atoms with van der Waals surface area (Å²) in [6, 6.07) is 8.17. The van der Waals surface area contributed by atoms with Gasteiger partial charge in [-0.15, -0.1) is 0 Å². The fraction of sp³-hybridized carbons (Fsp3) is 0.350. The van der Waals surface area contributed by atoms with Gasteiger partial charge in [0.2, 0.25) is 11.8 Å². The molecule has 63 heavy (non-hydrogen) atoms. The van der Waals surface area contributed by atoms with Crippen molar-refractivity contribution in [3.8, 4) is 0 Å². The zero-order valence-corrected chi connectivity index (χ0v) is 34.9. The van der Waals surface area contributed by atoms with Crippen LogP contribution in [0.3, 0.4) is 0 Å². The van der Waals surface area contributed by atoms with Crippen LogP contribution in [0.15, 0.2) is 84.8 Å². The van der Waals surface area contributed by atoms with Gasteiger partial charge in [0.25, 0.3) is 11.1 Å². The lowest BCUT2D eigenvalue weighted by Crippen LogP contribution is -2.25. The van der Waals surface area contributed by atoms with Crippen LogP contribution in [-0.2, 0) is 27.2 Å². The number of aryl methyl sites for hydroxylation is 2. The molecule has 8 aromatic rings. The molecule has 23 heteroatoms. The van der Waals surface area contributed by atoms with Gasteiger partial charge in [-0.3, -0.25) is 18.7 Å². The fourth-order valence-corrected chi connectivity index (χ4v) is 9.06. The Hall–Kier alpha value is -6.62. The molecule has 2 unspecified atom stereocenters. The SMILES string of the molecule is Cn1cnc2ncn(Cc3nc(C4[C@H]5CN(c6cccc(F)c6F)C[C@@H]45)no3)c(=O)c21.Cn1cnc2ncn(Cc3nc(C4[C@H]5CNC[C@@H]45)no3)c(=O)c21.Fc1cccc(Br)c1F. The molecule has 2 aromatic carbocycles. The van der Waals surface area contributed by atoms with Gasteiger partial charge in [0, 0.05) is 39.0 Å². The van der Waals surface area contributed by atoms with Gasteiger partial charge in [0.1, 0.15) is 25.7 Å². The summed E-state index contributed by atoms with van der Waals surface area (Å²) in [5.41, 5.74) is 1.59. The minimum Gasteiger partial charge on any atom is -0.368 e. The normalized spacial score (nSPS) is 21.8. The minimum absolute atomic E-state index is 0.114. The standard InChI is InChI=1S/C20H17F2N7O2.C14H15N7O2.C6H3BrF2/c1-27-8-23-19-17(27)20(30)29(9-24-19)7-14-25-18(26-31-14)15-10-5-28(6-11(10)15)13-4-2-3-12(21)16(13)22;1-20-5-16-13-11(20)14(22)21(6-17-13)4-9-18-12(19-23-9)10-7-2-15-3-8(7)10;7-4-2-1-3-5(8)6(4)9/h2-4,8-11,15H,5-7H2,1H3;5-8,10,15H,2-4H2,1H3;1-3H/t10-,11+,15?;7-,8+,10?;. The number of imidazole rings is 2. The average molecular weight is 932 g/mol. The van der Waals surface area contributed by atoms with Crippen molar-refractivity contribution in [3.63, 3.8) is 0 Å². The molecule has 2 saturated carbocycles. The van der Waals surface area contributed by atoms with E-state index in [9.17, 15) is 27.2 Å². The largest absolute Gasteiger partial charge is 0.368 e. The van der Waals surface area contributed by atoms with Gasteiger partial charge in [0.15, 0.2) is 57.2 Å². The van der Waals surface area contributed by atoms with Gasteiger partial charge in [-0.25, -0.2) is 37.5 Å². The number of aromatic nitrogens is 12. The summed E-state index contributed by atoms with van der Waals surface area (Å²) in [6.07, 6.45) is 6.00. The van der Waals surface area contributed by atoms with Crippen LogP contribution in [0, 0.1) is 46.9 Å². The molecule has 4 aliphatic rings. The van der Waals surface area contributed by atoms with Crippen LogP contribution in [0.1, 0.15) is 35.3 Å². The molecule has 0 amide bonds. The summed E-state index contributed by atoms with van der Waals surface area (Å²) in [6.45, 7) is 3.61. The van der Waals surface area contributed by atoms with E-state index in [1.165, 1.54) is 40.0 Å². The number of hydrogen-bond acceptors (Lipinski definition) is 14. The highest BCUT2D eigenvalue weighted by Crippen LogP contribution is 2.58. The Labute approximate surface area is 360 Å². The average Bonchev–Trinajstić information content (AvgIpc) is 3.83. The predicted molar refractivity (Wildman–Crippen MR) is 217 cm³/mol. The van der Waals surface area contributed by atoms with E-state index in [1.807, 2.05) is 4.90 Å². The number of benzene rings is 2. The van der Waals surface area contributed by atoms with E-state index in [4.69, 9.17) is 9.05 Å². The number of nitrogens with zero attached hydrogens (tertiary/aromatic N) is 13. The molecule has 8 heterocycles. The molecule has 12 rings (SSSR count). The van der Waals surface area contributed by atoms with Crippen molar-refractivity contribution in [2.75, 3.05) is 31.1 Å². The van der Waals surface area contributed by atoms with Crippen LogP contribution < -0.4 is 21.3 Å². The number of anilines is 1. The maximum absolute atomic E-state index is 14.1. The van der Waals surface area contributed by atoms with Crippen molar-refractivity contribution in [1.82, 2.24) is 63.8 Å². The highest BCUT2D eigenvalue weighted by Gasteiger charge is 2.59. The molecule has 1 N–H and O–H groups in total. The zero-order chi connectivity index (χ0) is 43.7. The molecule has 2 aliphatic carbocycles. The Morgan fingerprint density at radius 2 is 1.14 bits per heavy atom. The molecule has 18 nitrogen and oxygen atoms in total. The molecule has 6 atom stereocenters. The summed E-state index contributed by atoms with van der Waals surface area (Å²) < 4.78 is 69.1. The van der Waals surface area contributed by atoms with Crippen LogP contribution in [0.4, 0.5) is 23.2 Å². The third-order valence-electron chi connectivity index (χ3n) is 12.0. The molecule has 0 spiro atoms. The first kappa shape index (κ1) is 40.5. The highest BCUT2D eigenvalue weighted by molar-refractivity contribution is 9.10. The number of fused-ring (bicyclic) bond motifs is 4. The lowest BCUT2D eigenvalue weighted by atomic mass is 10.2. The number of piperidine rings is 2. The Kier molecular flexibility index (Phi) is 10.2. The van der Waals surface area contributed by atoms with E-state index in [0.29, 0.717) is 70.8 Å². The molecule has 6 aromatic heterocycles. The molecule has 0 radical (unpaired) electrons. The Balaban J connectivity index is 0.000000129. The lowest BCUT2D eigenvalue weighted by Gasteiger charge is -2.22. The van der Waals surface area contributed by atoms with E-state index < -0.39 is 23.3 Å². The van der Waals surface area contributed by atoms with Crippen molar-refractivity contribution >= 4 is 43.9 Å². The van der Waals surface area contributed by atoms with Crippen LogP contribution in [-0.4, -0.2) is 84.7 Å². The lowest BCUT2D eigenvalue weighted by molar-refractivity contribution is 0.363. The fourth-order valence-electron chi connectivity index (χ4n) is 8.72. The van der Waals surface area contributed by atoms with Crippen molar-refractivity contribution in [1.29, 1.82) is 0 Å². The second-order valence-corrected chi connectivity index (χ2v) is 16.7. The Morgan fingerprint density at radius 3 is 1.65 bits per heavy atom. The third kappa shape index (κ3) is 7.47. The molecular formula is C40H35BrF4N14O4. The van der Waals surface area contributed by atoms with E-state index in [2.05, 4.69) is 61.5 Å². The first-order chi connectivity index (χ1) is 30.4. The van der Waals surface area contributed by atoms with Crippen LogP contribution in [0.25, 0.3) is 22.3 Å². The van der Waals surface area contributed by atoms with Gasteiger partial charge >= 0.3 is 0 Å². The smallest absolute Gasteiger partial charge is 0.280 e. The van der Waals surface area contributed by atoms with Crippen LogP contribution >= 0.6 is 15.9 Å². The monoisotopic (exact) mass is 930 g/mol. The summed E-state index contributed by atoms with van der Waals surface area (Å²) in [7, 11) is 3.51. The number of rotatable bonds is 7. The molecule has 0 bridgehead atoms. The van der Waals surface area contributed by atoms with E-state index in [0.717, 1.165) is 31.0 Å². The predicted octanol–water partition coefficient (Wildman–Crippen LogP) is 3.91. The number of hydrogen-bond donors (Lipinski definition) is 1. The van der Waals surface area contributed by atoms with E-state index in [-0.39, 0.29) is 52.1 Å². The molecular weight excluding hydrogens is 896 g/mol. The topological polar surface area (TPSA) is 199 Å². The van der Waals surface area contributed by atoms with Gasteiger partial charge in [-0.1, -0.05) is 22.4 Å². The Morgan fingerprint density at radius 1 is 0.667 bits per heavy atom. The molecule has 2 saturated heterocycles. The van der Waals surface area contributed by atoms with Crippen molar-refractivity contribution in [2.24, 2.45) is 37.8 Å². The van der Waals surface area contributed by atoms with Gasteiger partial charge in [0.05, 0.1) is 22.8 Å². The van der Waals surface area contributed by atoms with Crippen molar-refractivity contribution in [3.05, 3.63) is 134 Å². The maximum atomic E-state index is 14.1. The first-order valence-corrected chi connectivity index (χ1v) is 20.6. The third-order valence-corrected chi connectivity index (χ3v) is 12.7. The summed E-state index contributed by atoms with van der Waals surface area (Å²) in [4.78, 5) is 52.5. The summed E-state index contributed by atoms with van der Waals surface area (Å²) in [5, 5.41) is 11.5. The van der Waals surface area contributed by atoms with Crippen LogP contribution in [0.2, 0.25) is 0 Å². The maximum Gasteiger partial charge on any atom is 0.280 e. The van der Waals surface area contributed by atoms with E-state index in [1.54, 1.807) is 42.0 Å². The Bertz CT molecular complexity index is 3100. The van der Waals surface area contributed by atoms with E-state index >= 15 is 0 Å². The minimum atomic E-state index is -0.841. The van der Waals surface area contributed by atoms with Gasteiger partial charge < -0.3 is 28.4 Å². The number of halogens is 5. The number of nitrogens with one attached hydrogen (secondary N) is 1. The second-order valence-electron chi connectivity index (χ2n) is 15.9. The molecule has 2 aliphatic heterocycles. The van der Waals surface area contributed by atoms with Gasteiger partial charge in [-0.2, -0.15) is 9.97 Å². The molecule has 324 valence electrons. The van der Waals surface area contributed by atoms with Gasteiger partial charge in [-0.05, 0) is 77.0 Å². The first-order valence-electron chi connectivity index (χ1n) is 19.8. The summed E-state index contributed by atoms with van der Waals surface area (Å²) >= 11 is 2.83. The molecule has 4 fully saturated rings. The summed E-state index contributed by atoms with van der Waals surface area (Å²) in [5.74, 6) is 1.12. The van der Waals surface area contributed by atoms with Crippen molar-refractivity contribution in [2.45, 2.75) is 24.9 Å². The zero-order valence-electron chi connectivity index (χ0n) is 33.3. The van der Waals surface area contributed by atoms with Crippen molar-refractivity contribution < 1.29 is 26.6 Å². The van der Waals surface area contributed by atoms with Crippen LogP contribution in [0.5, 0.6) is 0 Å².